The average molecular weight is 418 g/mol. The second-order valence-corrected chi connectivity index (χ2v) is 7.07. The molecule has 1 fully saturated rings. The SMILES string of the molecule is O=C1S/C(=C\c2ccc(Cl)cc2Cl)C(=O)N1c1cccc(C(F)(F)F)c1. The summed E-state index contributed by atoms with van der Waals surface area (Å²) in [7, 11) is 0. The Kier molecular flexibility index (Phi) is 5.05. The van der Waals surface area contributed by atoms with Crippen LogP contribution in [0.5, 0.6) is 0 Å². The van der Waals surface area contributed by atoms with Gasteiger partial charge in [-0.2, -0.15) is 13.2 Å². The Morgan fingerprint density at radius 1 is 1.04 bits per heavy atom. The highest BCUT2D eigenvalue weighted by Gasteiger charge is 2.38. The molecule has 0 atom stereocenters. The fourth-order valence-electron chi connectivity index (χ4n) is 2.27. The number of carbonyl (C=O) groups excluding carboxylic acids is 2. The van der Waals surface area contributed by atoms with Crippen LogP contribution in [0.2, 0.25) is 10.0 Å². The summed E-state index contributed by atoms with van der Waals surface area (Å²) in [6, 6.07) is 8.65. The number of halogens is 5. The van der Waals surface area contributed by atoms with E-state index in [4.69, 9.17) is 23.2 Å². The zero-order valence-corrected chi connectivity index (χ0v) is 15.0. The molecule has 2 amide bonds. The molecule has 2 aromatic rings. The second kappa shape index (κ2) is 6.98. The maximum Gasteiger partial charge on any atom is 0.416 e. The molecule has 1 aliphatic rings. The molecule has 134 valence electrons. The van der Waals surface area contributed by atoms with Crippen LogP contribution >= 0.6 is 35.0 Å². The summed E-state index contributed by atoms with van der Waals surface area (Å²) in [6.45, 7) is 0. The molecule has 0 saturated carbocycles. The first-order valence-electron chi connectivity index (χ1n) is 7.07. The second-order valence-electron chi connectivity index (χ2n) is 5.23. The van der Waals surface area contributed by atoms with Crippen LogP contribution in [0, 0.1) is 0 Å². The van der Waals surface area contributed by atoms with E-state index in [-0.39, 0.29) is 15.6 Å². The van der Waals surface area contributed by atoms with Crippen molar-refractivity contribution in [1.29, 1.82) is 0 Å². The van der Waals surface area contributed by atoms with Gasteiger partial charge in [-0.15, -0.1) is 0 Å². The summed E-state index contributed by atoms with van der Waals surface area (Å²) in [5.74, 6) is -0.717. The lowest BCUT2D eigenvalue weighted by molar-refractivity contribution is -0.137. The molecule has 3 nitrogen and oxygen atoms in total. The highest BCUT2D eigenvalue weighted by atomic mass is 35.5. The number of thioether (sulfide) groups is 1. The Balaban J connectivity index is 1.96. The Labute approximate surface area is 160 Å². The van der Waals surface area contributed by atoms with Crippen molar-refractivity contribution in [3.05, 3.63) is 68.5 Å². The van der Waals surface area contributed by atoms with Crippen LogP contribution in [0.3, 0.4) is 0 Å². The monoisotopic (exact) mass is 417 g/mol. The Morgan fingerprint density at radius 2 is 1.77 bits per heavy atom. The maximum atomic E-state index is 12.9. The zero-order chi connectivity index (χ0) is 19.1. The van der Waals surface area contributed by atoms with Crippen LogP contribution in [-0.4, -0.2) is 11.1 Å². The first-order chi connectivity index (χ1) is 12.2. The van der Waals surface area contributed by atoms with Crippen molar-refractivity contribution >= 4 is 57.9 Å². The van der Waals surface area contributed by atoms with E-state index in [0.717, 1.165) is 18.2 Å². The minimum absolute atomic E-state index is 0.0524. The smallest absolute Gasteiger partial charge is 0.268 e. The van der Waals surface area contributed by atoms with Gasteiger partial charge in [0.25, 0.3) is 11.1 Å². The van der Waals surface area contributed by atoms with Crippen LogP contribution in [0.25, 0.3) is 6.08 Å². The highest BCUT2D eigenvalue weighted by Crippen LogP contribution is 2.38. The van der Waals surface area contributed by atoms with Crippen LogP contribution in [0.1, 0.15) is 11.1 Å². The van der Waals surface area contributed by atoms with Gasteiger partial charge < -0.3 is 0 Å². The fraction of sp³-hybridized carbons (Fsp3) is 0.0588. The molecule has 26 heavy (non-hydrogen) atoms. The molecule has 1 heterocycles. The molecule has 0 spiro atoms. The number of nitrogens with zero attached hydrogens (tertiary/aromatic N) is 1. The molecule has 0 aliphatic carbocycles. The van der Waals surface area contributed by atoms with Gasteiger partial charge in [-0.05, 0) is 53.7 Å². The quantitative estimate of drug-likeness (QED) is 0.541. The molecule has 0 bridgehead atoms. The number of benzene rings is 2. The van der Waals surface area contributed by atoms with E-state index in [1.165, 1.54) is 18.2 Å². The molecule has 3 rings (SSSR count). The lowest BCUT2D eigenvalue weighted by Gasteiger charge is -2.14. The van der Waals surface area contributed by atoms with Crippen LogP contribution < -0.4 is 4.90 Å². The van der Waals surface area contributed by atoms with Crippen molar-refractivity contribution in [2.75, 3.05) is 4.90 Å². The van der Waals surface area contributed by atoms with Gasteiger partial charge in [0.15, 0.2) is 0 Å². The molecule has 1 aliphatic heterocycles. The standard InChI is InChI=1S/C17H8Cl2F3NO2S/c18-11-5-4-9(13(19)8-11)6-14-15(24)23(16(25)26-14)12-3-1-2-10(7-12)17(20,21)22/h1-8H/b14-6-. The third-order valence-electron chi connectivity index (χ3n) is 3.47. The number of hydrogen-bond acceptors (Lipinski definition) is 3. The summed E-state index contributed by atoms with van der Waals surface area (Å²) in [6.07, 6.45) is -3.18. The van der Waals surface area contributed by atoms with E-state index >= 15 is 0 Å². The summed E-state index contributed by atoms with van der Waals surface area (Å²) in [5, 5.41) is -0.00162. The lowest BCUT2D eigenvalue weighted by Crippen LogP contribution is -2.28. The van der Waals surface area contributed by atoms with Crippen molar-refractivity contribution in [3.63, 3.8) is 0 Å². The molecule has 9 heteroatoms. The van der Waals surface area contributed by atoms with Crippen molar-refractivity contribution in [3.8, 4) is 0 Å². The molecule has 0 unspecified atom stereocenters. The molecule has 1 saturated heterocycles. The number of anilines is 1. The van der Waals surface area contributed by atoms with Gasteiger partial charge in [0.05, 0.1) is 16.2 Å². The summed E-state index contributed by atoms with van der Waals surface area (Å²) < 4.78 is 38.6. The number of alkyl halides is 3. The van der Waals surface area contributed by atoms with E-state index < -0.39 is 22.9 Å². The summed E-state index contributed by atoms with van der Waals surface area (Å²) in [5.41, 5.74) is -0.627. The number of amides is 2. The van der Waals surface area contributed by atoms with Gasteiger partial charge in [0, 0.05) is 10.0 Å². The topological polar surface area (TPSA) is 37.4 Å². The Morgan fingerprint density at radius 3 is 2.42 bits per heavy atom. The number of hydrogen-bond donors (Lipinski definition) is 0. The van der Waals surface area contributed by atoms with Crippen LogP contribution in [0.4, 0.5) is 23.7 Å². The van der Waals surface area contributed by atoms with Gasteiger partial charge in [-0.3, -0.25) is 9.59 Å². The first kappa shape index (κ1) is 18.8. The Hall–Kier alpha value is -1.96. The van der Waals surface area contributed by atoms with E-state index in [1.807, 2.05) is 0 Å². The minimum atomic E-state index is -4.58. The third-order valence-corrected chi connectivity index (χ3v) is 4.91. The van der Waals surface area contributed by atoms with E-state index in [1.54, 1.807) is 12.1 Å². The zero-order valence-electron chi connectivity index (χ0n) is 12.7. The van der Waals surface area contributed by atoms with Gasteiger partial charge in [-0.25, -0.2) is 4.90 Å². The van der Waals surface area contributed by atoms with Crippen molar-refractivity contribution in [2.24, 2.45) is 0 Å². The third kappa shape index (κ3) is 3.75. The largest absolute Gasteiger partial charge is 0.416 e. The normalized spacial score (nSPS) is 16.7. The molecule has 0 radical (unpaired) electrons. The van der Waals surface area contributed by atoms with Gasteiger partial charge in [-0.1, -0.05) is 35.3 Å². The van der Waals surface area contributed by atoms with E-state index in [2.05, 4.69) is 0 Å². The van der Waals surface area contributed by atoms with Crippen LogP contribution in [0.15, 0.2) is 47.4 Å². The van der Waals surface area contributed by atoms with Gasteiger partial charge in [0.2, 0.25) is 0 Å². The van der Waals surface area contributed by atoms with Crippen molar-refractivity contribution in [1.82, 2.24) is 0 Å². The number of rotatable bonds is 2. The highest BCUT2D eigenvalue weighted by molar-refractivity contribution is 8.19. The maximum absolute atomic E-state index is 12.9. The van der Waals surface area contributed by atoms with E-state index in [9.17, 15) is 22.8 Å². The lowest BCUT2D eigenvalue weighted by atomic mass is 10.1. The van der Waals surface area contributed by atoms with E-state index in [0.29, 0.717) is 27.2 Å². The predicted octanol–water partition coefficient (Wildman–Crippen LogP) is 6.25. The fourth-order valence-corrected chi connectivity index (χ4v) is 3.57. The summed E-state index contributed by atoms with van der Waals surface area (Å²) in [4.78, 5) is 25.5. The molecule has 0 aromatic heterocycles. The Bertz CT molecular complexity index is 944. The molecular formula is C17H8Cl2F3NO2S. The summed E-state index contributed by atoms with van der Waals surface area (Å²) >= 11 is 12.5. The van der Waals surface area contributed by atoms with Gasteiger partial charge >= 0.3 is 6.18 Å². The van der Waals surface area contributed by atoms with Crippen molar-refractivity contribution in [2.45, 2.75) is 6.18 Å². The van der Waals surface area contributed by atoms with Gasteiger partial charge in [0.1, 0.15) is 0 Å². The average Bonchev–Trinajstić information content (AvgIpc) is 2.83. The molecule has 2 aromatic carbocycles. The molecule has 0 N–H and O–H groups in total. The number of imide groups is 1. The number of carbonyl (C=O) groups is 2. The minimum Gasteiger partial charge on any atom is -0.268 e. The molecular weight excluding hydrogens is 410 g/mol. The van der Waals surface area contributed by atoms with Crippen molar-refractivity contribution < 1.29 is 22.8 Å². The predicted molar refractivity (Wildman–Crippen MR) is 96.4 cm³/mol. The van der Waals surface area contributed by atoms with Crippen LogP contribution in [-0.2, 0) is 11.0 Å². The first-order valence-corrected chi connectivity index (χ1v) is 8.64.